The number of fused-ring (bicyclic) bond motifs is 3. The Bertz CT molecular complexity index is 2890. The molecule has 10 rings (SSSR count). The fraction of sp³-hybridized carbons (Fsp3) is 0.0408. The number of rotatable bonds is 7. The van der Waals surface area contributed by atoms with E-state index in [0.29, 0.717) is 17.5 Å². The van der Waals surface area contributed by atoms with Gasteiger partial charge in [0.2, 0.25) is 0 Å². The third kappa shape index (κ3) is 6.19. The molecule has 0 saturated carbocycles. The first-order valence-electron chi connectivity index (χ1n) is 18.6. The van der Waals surface area contributed by atoms with Crippen LogP contribution in [0.15, 0.2) is 182 Å². The molecular weight excluding hydrogens is 673 g/mol. The lowest BCUT2D eigenvalue weighted by Crippen LogP contribution is -2.04. The second-order valence-corrected chi connectivity index (χ2v) is 13.7. The number of hydrogen-bond acceptors (Lipinski definition) is 5. The third-order valence-electron chi connectivity index (χ3n) is 10.2. The quantitative estimate of drug-likeness (QED) is 0.165. The first-order valence-corrected chi connectivity index (χ1v) is 18.6. The third-order valence-corrected chi connectivity index (χ3v) is 10.2. The van der Waals surface area contributed by atoms with E-state index in [9.17, 15) is 0 Å². The molecule has 0 spiro atoms. The van der Waals surface area contributed by atoms with Gasteiger partial charge in [-0.2, -0.15) is 0 Å². The summed E-state index contributed by atoms with van der Waals surface area (Å²) < 4.78 is 2.34. The van der Waals surface area contributed by atoms with Crippen molar-refractivity contribution in [2.45, 2.75) is 12.8 Å². The molecule has 5 aromatic carbocycles. The minimum absolute atomic E-state index is 0.633. The van der Waals surface area contributed by atoms with Crippen molar-refractivity contribution in [1.82, 2.24) is 29.5 Å². The molecule has 4 heterocycles. The normalized spacial score (nSPS) is 12.8. The van der Waals surface area contributed by atoms with E-state index in [0.717, 1.165) is 69.0 Å². The van der Waals surface area contributed by atoms with Crippen molar-refractivity contribution in [2.24, 2.45) is 0 Å². The van der Waals surface area contributed by atoms with E-state index in [-0.39, 0.29) is 0 Å². The highest BCUT2D eigenvalue weighted by Crippen LogP contribution is 2.36. The van der Waals surface area contributed by atoms with Gasteiger partial charge in [-0.15, -0.1) is 0 Å². The summed E-state index contributed by atoms with van der Waals surface area (Å²) in [6, 6.07) is 56.6. The summed E-state index contributed by atoms with van der Waals surface area (Å²) in [7, 11) is 0. The van der Waals surface area contributed by atoms with Crippen LogP contribution in [-0.4, -0.2) is 29.5 Å². The standard InChI is InChI=1S/C49H34N6/c1-3-13-34(14-4-1)47-52-48(54-49(53-47)38-16-11-15-37(31-38)42-21-12-22-44(51-42)43-20-9-10-30-50-43)35-26-24-33(25-27-35)36-28-29-46-41(32-36)40-19-7-8-23-45(40)55(46)39-17-5-2-6-18-39/h1-10,12-14,16-32H,11,15H2. The van der Waals surface area contributed by atoms with Gasteiger partial charge in [0.15, 0.2) is 17.5 Å². The molecule has 0 atom stereocenters. The van der Waals surface area contributed by atoms with Crippen LogP contribution in [0.3, 0.4) is 0 Å². The Morgan fingerprint density at radius 1 is 0.436 bits per heavy atom. The van der Waals surface area contributed by atoms with Gasteiger partial charge in [-0.3, -0.25) is 4.98 Å². The summed E-state index contributed by atoms with van der Waals surface area (Å²) in [6.45, 7) is 0. The van der Waals surface area contributed by atoms with Gasteiger partial charge in [-0.1, -0.05) is 115 Å². The van der Waals surface area contributed by atoms with Crippen LogP contribution in [0.25, 0.3) is 83.9 Å². The van der Waals surface area contributed by atoms with Crippen molar-refractivity contribution in [3.8, 4) is 51.0 Å². The van der Waals surface area contributed by atoms with Crippen LogP contribution in [0.1, 0.15) is 24.4 Å². The summed E-state index contributed by atoms with van der Waals surface area (Å²) in [5.41, 5.74) is 12.4. The topological polar surface area (TPSA) is 69.4 Å². The largest absolute Gasteiger partial charge is 0.309 e. The molecule has 260 valence electrons. The molecule has 0 fully saturated rings. The Labute approximate surface area is 318 Å². The zero-order valence-electron chi connectivity index (χ0n) is 29.9. The summed E-state index contributed by atoms with van der Waals surface area (Å²) in [4.78, 5) is 24.6. The second-order valence-electron chi connectivity index (χ2n) is 13.7. The molecule has 0 N–H and O–H groups in total. The zero-order valence-corrected chi connectivity index (χ0v) is 29.9. The fourth-order valence-electron chi connectivity index (χ4n) is 7.50. The lowest BCUT2D eigenvalue weighted by Gasteiger charge is -2.15. The molecule has 0 unspecified atom stereocenters. The molecule has 6 heteroatoms. The molecule has 6 nitrogen and oxygen atoms in total. The molecule has 55 heavy (non-hydrogen) atoms. The van der Waals surface area contributed by atoms with E-state index < -0.39 is 0 Å². The Kier molecular flexibility index (Phi) is 8.18. The van der Waals surface area contributed by atoms with Gasteiger partial charge in [0, 0.05) is 39.4 Å². The molecule has 0 aliphatic heterocycles. The van der Waals surface area contributed by atoms with Crippen LogP contribution in [0.5, 0.6) is 0 Å². The summed E-state index contributed by atoms with van der Waals surface area (Å²) in [6.07, 6.45) is 7.93. The maximum absolute atomic E-state index is 5.09. The van der Waals surface area contributed by atoms with E-state index in [2.05, 4.69) is 125 Å². The van der Waals surface area contributed by atoms with Crippen LogP contribution in [-0.2, 0) is 0 Å². The maximum atomic E-state index is 5.09. The average Bonchev–Trinajstić information content (AvgIpc) is 3.61. The second kappa shape index (κ2) is 13.9. The van der Waals surface area contributed by atoms with E-state index in [4.69, 9.17) is 19.9 Å². The lowest BCUT2D eigenvalue weighted by atomic mass is 9.96. The molecule has 1 aliphatic carbocycles. The van der Waals surface area contributed by atoms with Gasteiger partial charge < -0.3 is 4.57 Å². The van der Waals surface area contributed by atoms with Crippen LogP contribution < -0.4 is 0 Å². The number of pyridine rings is 2. The van der Waals surface area contributed by atoms with Gasteiger partial charge in [-0.25, -0.2) is 19.9 Å². The molecule has 9 aromatic rings. The van der Waals surface area contributed by atoms with Crippen LogP contribution in [0, 0.1) is 0 Å². The molecule has 0 bridgehead atoms. The van der Waals surface area contributed by atoms with Crippen molar-refractivity contribution in [3.63, 3.8) is 0 Å². The number of para-hydroxylation sites is 2. The minimum atomic E-state index is 0.633. The summed E-state index contributed by atoms with van der Waals surface area (Å²) in [5, 5.41) is 2.46. The zero-order chi connectivity index (χ0) is 36.6. The number of aromatic nitrogens is 6. The van der Waals surface area contributed by atoms with Gasteiger partial charge in [-0.05, 0) is 90.2 Å². The highest BCUT2D eigenvalue weighted by atomic mass is 15.0. The number of benzene rings is 5. The number of hydrogen-bond donors (Lipinski definition) is 0. The molecule has 0 saturated heterocycles. The van der Waals surface area contributed by atoms with Crippen molar-refractivity contribution >= 4 is 33.0 Å². The Balaban J connectivity index is 1.01. The Morgan fingerprint density at radius 3 is 1.87 bits per heavy atom. The molecule has 0 radical (unpaired) electrons. The van der Waals surface area contributed by atoms with Gasteiger partial charge in [0.1, 0.15) is 0 Å². The lowest BCUT2D eigenvalue weighted by molar-refractivity contribution is 1.01. The first-order chi connectivity index (χ1) is 27.2. The van der Waals surface area contributed by atoms with Gasteiger partial charge in [0.25, 0.3) is 0 Å². The van der Waals surface area contributed by atoms with Crippen molar-refractivity contribution in [2.75, 3.05) is 0 Å². The smallest absolute Gasteiger partial charge is 0.164 e. The number of allylic oxidation sites excluding steroid dienone is 4. The molecule has 4 aromatic heterocycles. The van der Waals surface area contributed by atoms with Crippen LogP contribution >= 0.6 is 0 Å². The predicted octanol–water partition coefficient (Wildman–Crippen LogP) is 11.7. The Hall–Kier alpha value is -7.31. The van der Waals surface area contributed by atoms with E-state index in [1.807, 2.05) is 60.7 Å². The molecule has 0 amide bonds. The fourth-order valence-corrected chi connectivity index (χ4v) is 7.50. The van der Waals surface area contributed by atoms with Crippen LogP contribution in [0.2, 0.25) is 0 Å². The molecule has 1 aliphatic rings. The Morgan fingerprint density at radius 2 is 1.07 bits per heavy atom. The summed E-state index contributed by atoms with van der Waals surface area (Å²) in [5.74, 6) is 1.92. The van der Waals surface area contributed by atoms with Crippen molar-refractivity contribution in [1.29, 1.82) is 0 Å². The highest BCUT2D eigenvalue weighted by molar-refractivity contribution is 6.10. The molecular formula is C49H34N6. The number of nitrogens with zero attached hydrogens (tertiary/aromatic N) is 6. The van der Waals surface area contributed by atoms with Crippen molar-refractivity contribution in [3.05, 3.63) is 194 Å². The van der Waals surface area contributed by atoms with Gasteiger partial charge in [0.05, 0.1) is 28.1 Å². The average molecular weight is 707 g/mol. The van der Waals surface area contributed by atoms with Gasteiger partial charge >= 0.3 is 0 Å². The maximum Gasteiger partial charge on any atom is 0.164 e. The highest BCUT2D eigenvalue weighted by Gasteiger charge is 2.18. The van der Waals surface area contributed by atoms with E-state index >= 15 is 0 Å². The minimum Gasteiger partial charge on any atom is -0.309 e. The summed E-state index contributed by atoms with van der Waals surface area (Å²) >= 11 is 0. The first kappa shape index (κ1) is 32.3. The van der Waals surface area contributed by atoms with Crippen LogP contribution in [0.4, 0.5) is 0 Å². The van der Waals surface area contributed by atoms with Crippen molar-refractivity contribution < 1.29 is 0 Å². The van der Waals surface area contributed by atoms with E-state index in [1.165, 1.54) is 21.8 Å². The SMILES string of the molecule is C1=C(c2cccc(-c3ccccn3)n2)CCC=C1c1nc(-c2ccccc2)nc(-c2ccc(-c3ccc4c(c3)c3ccccc3n4-c3ccccc3)cc2)n1. The van der Waals surface area contributed by atoms with E-state index in [1.54, 1.807) is 6.20 Å². The predicted molar refractivity (Wildman–Crippen MR) is 223 cm³/mol. The monoisotopic (exact) mass is 706 g/mol.